The molecule has 1 saturated heterocycles. The van der Waals surface area contributed by atoms with Crippen LogP contribution in [0.3, 0.4) is 0 Å². The van der Waals surface area contributed by atoms with Crippen LogP contribution in [0.15, 0.2) is 0 Å². The Balaban J connectivity index is 2.50. The van der Waals surface area contributed by atoms with Crippen LogP contribution in [-0.2, 0) is 0 Å². The maximum atomic E-state index is 3.81. The molecule has 0 radical (unpaired) electrons. The van der Waals surface area contributed by atoms with Crippen LogP contribution >= 0.6 is 0 Å². The number of hydrogen-bond donors (Lipinski definition) is 1. The van der Waals surface area contributed by atoms with E-state index in [1.165, 1.54) is 58.4 Å². The molecule has 2 unspecified atom stereocenters. The second-order valence-electron chi connectivity index (χ2n) is 7.06. The first-order valence-corrected chi connectivity index (χ1v) is 9.32. The molecule has 0 saturated carbocycles. The first-order valence-electron chi connectivity index (χ1n) is 9.32. The maximum Gasteiger partial charge on any atom is 0.0247 e. The van der Waals surface area contributed by atoms with Gasteiger partial charge >= 0.3 is 0 Å². The van der Waals surface area contributed by atoms with E-state index in [2.05, 4.69) is 49.7 Å². The minimum absolute atomic E-state index is 0.677. The van der Waals surface area contributed by atoms with Crippen LogP contribution in [0, 0.1) is 5.92 Å². The molecular weight excluding hydrogens is 258 g/mol. The molecule has 2 atom stereocenters. The standard InChI is InChI=1S/C18H39N3/c1-6-9-17(19-10-7-2)18(8-3)21-13-11-20(12-14-21)15-16(4)5/h16-19H,6-15H2,1-5H3. The third-order valence-electron chi connectivity index (χ3n) is 4.64. The molecule has 1 aliphatic rings. The van der Waals surface area contributed by atoms with Gasteiger partial charge in [-0.3, -0.25) is 4.90 Å². The zero-order valence-electron chi connectivity index (χ0n) is 15.2. The van der Waals surface area contributed by atoms with Crippen molar-refractivity contribution < 1.29 is 0 Å². The predicted octanol–water partition coefficient (Wildman–Crippen LogP) is 3.21. The monoisotopic (exact) mass is 297 g/mol. The average Bonchev–Trinajstić information content (AvgIpc) is 2.46. The number of hydrogen-bond acceptors (Lipinski definition) is 3. The molecule has 0 bridgehead atoms. The van der Waals surface area contributed by atoms with Gasteiger partial charge in [0.25, 0.3) is 0 Å². The minimum Gasteiger partial charge on any atom is -0.312 e. The van der Waals surface area contributed by atoms with Gasteiger partial charge in [-0.25, -0.2) is 0 Å². The maximum absolute atomic E-state index is 3.81. The summed E-state index contributed by atoms with van der Waals surface area (Å²) in [5.41, 5.74) is 0. The van der Waals surface area contributed by atoms with Crippen molar-refractivity contribution in [1.82, 2.24) is 15.1 Å². The molecule has 0 amide bonds. The van der Waals surface area contributed by atoms with E-state index in [4.69, 9.17) is 0 Å². The van der Waals surface area contributed by atoms with E-state index in [0.29, 0.717) is 6.04 Å². The van der Waals surface area contributed by atoms with Gasteiger partial charge in [0.15, 0.2) is 0 Å². The normalized spacial score (nSPS) is 20.9. The number of nitrogens with zero attached hydrogens (tertiary/aromatic N) is 2. The lowest BCUT2D eigenvalue weighted by Crippen LogP contribution is -2.56. The third-order valence-corrected chi connectivity index (χ3v) is 4.64. The lowest BCUT2D eigenvalue weighted by Gasteiger charge is -2.42. The minimum atomic E-state index is 0.677. The van der Waals surface area contributed by atoms with Gasteiger partial charge in [0.1, 0.15) is 0 Å². The summed E-state index contributed by atoms with van der Waals surface area (Å²) in [7, 11) is 0. The zero-order chi connectivity index (χ0) is 15.7. The molecule has 1 N–H and O–H groups in total. The highest BCUT2D eigenvalue weighted by Crippen LogP contribution is 2.17. The molecule has 21 heavy (non-hydrogen) atoms. The van der Waals surface area contributed by atoms with Crippen LogP contribution in [0.2, 0.25) is 0 Å². The van der Waals surface area contributed by atoms with Crippen molar-refractivity contribution in [2.45, 2.75) is 72.4 Å². The van der Waals surface area contributed by atoms with Crippen LogP contribution in [0.4, 0.5) is 0 Å². The van der Waals surface area contributed by atoms with Gasteiger partial charge in [0.2, 0.25) is 0 Å². The van der Waals surface area contributed by atoms with E-state index in [-0.39, 0.29) is 0 Å². The summed E-state index contributed by atoms with van der Waals surface area (Å²) in [6, 6.07) is 1.40. The molecule has 126 valence electrons. The van der Waals surface area contributed by atoms with Crippen molar-refractivity contribution in [3.63, 3.8) is 0 Å². The van der Waals surface area contributed by atoms with Crippen molar-refractivity contribution in [2.24, 2.45) is 5.92 Å². The van der Waals surface area contributed by atoms with Crippen molar-refractivity contribution in [1.29, 1.82) is 0 Å². The van der Waals surface area contributed by atoms with E-state index in [1.807, 2.05) is 0 Å². The van der Waals surface area contributed by atoms with Gasteiger partial charge in [-0.15, -0.1) is 0 Å². The first-order chi connectivity index (χ1) is 10.1. The first kappa shape index (κ1) is 18.9. The van der Waals surface area contributed by atoms with Crippen molar-refractivity contribution in [3.05, 3.63) is 0 Å². The molecule has 0 spiro atoms. The lowest BCUT2D eigenvalue weighted by atomic mass is 9.98. The SMILES string of the molecule is CCCNC(CCC)C(CC)N1CCN(CC(C)C)CC1. The van der Waals surface area contributed by atoms with Gasteiger partial charge in [0.05, 0.1) is 0 Å². The Kier molecular flexibility index (Phi) is 9.54. The van der Waals surface area contributed by atoms with Crippen molar-refractivity contribution >= 4 is 0 Å². The van der Waals surface area contributed by atoms with Crippen LogP contribution < -0.4 is 5.32 Å². The van der Waals surface area contributed by atoms with Crippen LogP contribution in [0.1, 0.15) is 60.3 Å². The van der Waals surface area contributed by atoms with Crippen LogP contribution in [0.5, 0.6) is 0 Å². The Morgan fingerprint density at radius 1 is 0.952 bits per heavy atom. The summed E-state index contributed by atoms with van der Waals surface area (Å²) in [6.45, 7) is 19.0. The summed E-state index contributed by atoms with van der Waals surface area (Å²) in [6.07, 6.45) is 5.10. The van der Waals surface area contributed by atoms with E-state index in [9.17, 15) is 0 Å². The van der Waals surface area contributed by atoms with Crippen molar-refractivity contribution in [2.75, 3.05) is 39.3 Å². The van der Waals surface area contributed by atoms with Crippen molar-refractivity contribution in [3.8, 4) is 0 Å². The highest BCUT2D eigenvalue weighted by atomic mass is 15.3. The third kappa shape index (κ3) is 6.66. The highest BCUT2D eigenvalue weighted by molar-refractivity contribution is 4.86. The fourth-order valence-electron chi connectivity index (χ4n) is 3.66. The quantitative estimate of drug-likeness (QED) is 0.668. The number of rotatable bonds is 10. The fraction of sp³-hybridized carbons (Fsp3) is 1.00. The van der Waals surface area contributed by atoms with E-state index < -0.39 is 0 Å². The molecule has 0 aliphatic carbocycles. The molecular formula is C18H39N3. The Morgan fingerprint density at radius 2 is 1.62 bits per heavy atom. The second-order valence-corrected chi connectivity index (χ2v) is 7.06. The highest BCUT2D eigenvalue weighted by Gasteiger charge is 2.28. The molecule has 0 aromatic rings. The molecule has 0 aromatic heterocycles. The molecule has 0 aromatic carbocycles. The van der Waals surface area contributed by atoms with Gasteiger partial charge in [0, 0.05) is 44.8 Å². The molecule has 1 aliphatic heterocycles. The Bertz CT molecular complexity index is 247. The van der Waals surface area contributed by atoms with Crippen LogP contribution in [-0.4, -0.2) is 61.2 Å². The summed E-state index contributed by atoms with van der Waals surface area (Å²) < 4.78 is 0. The molecule has 1 rings (SSSR count). The predicted molar refractivity (Wildman–Crippen MR) is 93.9 cm³/mol. The molecule has 1 heterocycles. The molecule has 3 nitrogen and oxygen atoms in total. The summed E-state index contributed by atoms with van der Waals surface area (Å²) in [5.74, 6) is 0.789. The van der Waals surface area contributed by atoms with Gasteiger partial charge in [-0.2, -0.15) is 0 Å². The summed E-state index contributed by atoms with van der Waals surface area (Å²) in [4.78, 5) is 5.39. The zero-order valence-corrected chi connectivity index (χ0v) is 15.2. The van der Waals surface area contributed by atoms with Gasteiger partial charge < -0.3 is 10.2 Å². The Morgan fingerprint density at radius 3 is 2.10 bits per heavy atom. The van der Waals surface area contributed by atoms with Gasteiger partial charge in [-0.1, -0.05) is 41.0 Å². The van der Waals surface area contributed by atoms with E-state index in [1.54, 1.807) is 0 Å². The summed E-state index contributed by atoms with van der Waals surface area (Å²) >= 11 is 0. The Hall–Kier alpha value is -0.120. The van der Waals surface area contributed by atoms with E-state index in [0.717, 1.165) is 18.5 Å². The summed E-state index contributed by atoms with van der Waals surface area (Å²) in [5, 5.41) is 3.81. The molecule has 3 heteroatoms. The largest absolute Gasteiger partial charge is 0.312 e. The number of nitrogens with one attached hydrogen (secondary N) is 1. The fourth-order valence-corrected chi connectivity index (χ4v) is 3.66. The van der Waals surface area contributed by atoms with Crippen LogP contribution in [0.25, 0.3) is 0 Å². The number of piperazine rings is 1. The topological polar surface area (TPSA) is 18.5 Å². The average molecular weight is 298 g/mol. The van der Waals surface area contributed by atoms with Gasteiger partial charge in [-0.05, 0) is 31.7 Å². The van der Waals surface area contributed by atoms with E-state index >= 15 is 0 Å². The second kappa shape index (κ2) is 10.6. The smallest absolute Gasteiger partial charge is 0.0247 e. The molecule has 1 fully saturated rings. The lowest BCUT2D eigenvalue weighted by molar-refractivity contribution is 0.0689. The Labute approximate surface area is 133 Å².